The molecule has 2 unspecified atom stereocenters. The summed E-state index contributed by atoms with van der Waals surface area (Å²) in [5, 5.41) is 3.43. The maximum atomic E-state index is 5.00. The van der Waals surface area contributed by atoms with Crippen molar-refractivity contribution in [3.63, 3.8) is 0 Å². The Morgan fingerprint density at radius 2 is 1.82 bits per heavy atom. The van der Waals surface area contributed by atoms with Crippen LogP contribution < -0.4 is 10.2 Å². The Kier molecular flexibility index (Phi) is 4.01. The molecule has 5 nitrogen and oxygen atoms in total. The van der Waals surface area contributed by atoms with Crippen LogP contribution in [0.3, 0.4) is 0 Å². The standard InChI is InChI=1S/C17H27N5/c1-21-11-14-3-2-4-15(12-21)22(14)16-7-10-19-17(20-16)13-5-8-18-9-6-13/h7,10,13-15,18H,2-6,8-9,11-12H2,1H3. The van der Waals surface area contributed by atoms with Gasteiger partial charge in [0.25, 0.3) is 0 Å². The second-order valence-electron chi connectivity index (χ2n) is 7.16. The van der Waals surface area contributed by atoms with Crippen LogP contribution in [-0.4, -0.2) is 60.2 Å². The maximum Gasteiger partial charge on any atom is 0.133 e. The minimum atomic E-state index is 0.536. The number of likely N-dealkylation sites (N-methyl/N-ethyl adjacent to an activating group) is 1. The molecule has 1 N–H and O–H groups in total. The number of nitrogens with zero attached hydrogens (tertiary/aromatic N) is 4. The maximum absolute atomic E-state index is 5.00. The summed E-state index contributed by atoms with van der Waals surface area (Å²) in [6.45, 7) is 4.53. The van der Waals surface area contributed by atoms with Crippen LogP contribution in [-0.2, 0) is 0 Å². The third kappa shape index (κ3) is 2.72. The summed E-state index contributed by atoms with van der Waals surface area (Å²) in [6, 6.07) is 3.39. The summed E-state index contributed by atoms with van der Waals surface area (Å²) in [7, 11) is 2.25. The molecule has 0 spiro atoms. The van der Waals surface area contributed by atoms with E-state index in [0.717, 1.165) is 18.9 Å². The van der Waals surface area contributed by atoms with Crippen molar-refractivity contribution in [2.45, 2.75) is 50.1 Å². The van der Waals surface area contributed by atoms with E-state index in [-0.39, 0.29) is 0 Å². The molecular formula is C17H27N5. The van der Waals surface area contributed by atoms with E-state index in [2.05, 4.69) is 33.2 Å². The van der Waals surface area contributed by atoms with E-state index < -0.39 is 0 Å². The molecule has 2 bridgehead atoms. The minimum Gasteiger partial charge on any atom is -0.348 e. The van der Waals surface area contributed by atoms with Gasteiger partial charge in [0, 0.05) is 37.3 Å². The molecule has 0 saturated carbocycles. The summed E-state index contributed by atoms with van der Waals surface area (Å²) in [5.74, 6) is 2.77. The number of anilines is 1. The molecule has 120 valence electrons. The Morgan fingerprint density at radius 3 is 2.55 bits per heavy atom. The molecule has 1 aromatic heterocycles. The molecule has 3 aliphatic rings. The Balaban J connectivity index is 1.59. The highest BCUT2D eigenvalue weighted by Gasteiger charge is 2.37. The Hall–Kier alpha value is -1.20. The summed E-state index contributed by atoms with van der Waals surface area (Å²) in [4.78, 5) is 14.7. The predicted molar refractivity (Wildman–Crippen MR) is 88.3 cm³/mol. The van der Waals surface area contributed by atoms with Gasteiger partial charge in [0.15, 0.2) is 0 Å². The first-order chi connectivity index (χ1) is 10.8. The van der Waals surface area contributed by atoms with Crippen LogP contribution in [0.5, 0.6) is 0 Å². The van der Waals surface area contributed by atoms with Gasteiger partial charge >= 0.3 is 0 Å². The van der Waals surface area contributed by atoms with Crippen LogP contribution in [0, 0.1) is 0 Å². The Labute approximate surface area is 133 Å². The molecule has 4 rings (SSSR count). The lowest BCUT2D eigenvalue weighted by atomic mass is 9.91. The van der Waals surface area contributed by atoms with Crippen LogP contribution >= 0.6 is 0 Å². The number of piperidine rings is 2. The second-order valence-corrected chi connectivity index (χ2v) is 7.16. The molecule has 0 radical (unpaired) electrons. The van der Waals surface area contributed by atoms with Gasteiger partial charge in [0.05, 0.1) is 0 Å². The smallest absolute Gasteiger partial charge is 0.133 e. The lowest BCUT2D eigenvalue weighted by molar-refractivity contribution is 0.183. The van der Waals surface area contributed by atoms with Crippen LogP contribution in [0.15, 0.2) is 12.3 Å². The molecule has 2 atom stereocenters. The van der Waals surface area contributed by atoms with Gasteiger partial charge < -0.3 is 15.1 Å². The Morgan fingerprint density at radius 1 is 1.09 bits per heavy atom. The number of aromatic nitrogens is 2. The van der Waals surface area contributed by atoms with Gasteiger partial charge in [-0.25, -0.2) is 9.97 Å². The van der Waals surface area contributed by atoms with Crippen molar-refractivity contribution in [1.29, 1.82) is 0 Å². The first-order valence-electron chi connectivity index (χ1n) is 8.82. The number of fused-ring (bicyclic) bond motifs is 2. The summed E-state index contributed by atoms with van der Waals surface area (Å²) in [6.07, 6.45) is 8.28. The average Bonchev–Trinajstić information content (AvgIpc) is 2.55. The fourth-order valence-electron chi connectivity index (χ4n) is 4.48. The zero-order chi connectivity index (χ0) is 14.9. The molecule has 3 fully saturated rings. The first-order valence-corrected chi connectivity index (χ1v) is 8.82. The number of rotatable bonds is 2. The second kappa shape index (κ2) is 6.13. The fourth-order valence-corrected chi connectivity index (χ4v) is 4.48. The molecule has 22 heavy (non-hydrogen) atoms. The first kappa shape index (κ1) is 14.4. The summed E-state index contributed by atoms with van der Waals surface area (Å²) < 4.78 is 0. The number of nitrogens with one attached hydrogen (secondary N) is 1. The molecule has 5 heteroatoms. The molecule has 4 heterocycles. The number of likely N-dealkylation sites (tertiary alicyclic amines) is 1. The predicted octanol–water partition coefficient (Wildman–Crippen LogP) is 1.62. The van der Waals surface area contributed by atoms with Crippen molar-refractivity contribution in [2.75, 3.05) is 38.1 Å². The third-order valence-electron chi connectivity index (χ3n) is 5.53. The van der Waals surface area contributed by atoms with Gasteiger partial charge in [0.1, 0.15) is 11.6 Å². The van der Waals surface area contributed by atoms with Gasteiger partial charge in [-0.05, 0) is 58.3 Å². The van der Waals surface area contributed by atoms with Crippen molar-refractivity contribution in [1.82, 2.24) is 20.2 Å². The van der Waals surface area contributed by atoms with E-state index >= 15 is 0 Å². The zero-order valence-electron chi connectivity index (χ0n) is 13.5. The van der Waals surface area contributed by atoms with Gasteiger partial charge in [-0.15, -0.1) is 0 Å². The monoisotopic (exact) mass is 301 g/mol. The average molecular weight is 301 g/mol. The number of hydrogen-bond acceptors (Lipinski definition) is 5. The molecule has 1 aromatic rings. The number of piperazine rings is 1. The molecule has 0 aliphatic carbocycles. The van der Waals surface area contributed by atoms with Crippen molar-refractivity contribution in [3.8, 4) is 0 Å². The Bertz CT molecular complexity index is 500. The van der Waals surface area contributed by atoms with Crippen LogP contribution in [0.1, 0.15) is 43.8 Å². The van der Waals surface area contributed by atoms with Crippen LogP contribution in [0.25, 0.3) is 0 Å². The van der Waals surface area contributed by atoms with Crippen molar-refractivity contribution in [3.05, 3.63) is 18.1 Å². The molecule has 3 saturated heterocycles. The van der Waals surface area contributed by atoms with Crippen LogP contribution in [0.4, 0.5) is 5.82 Å². The fraction of sp³-hybridized carbons (Fsp3) is 0.765. The van der Waals surface area contributed by atoms with E-state index in [0.29, 0.717) is 18.0 Å². The third-order valence-corrected chi connectivity index (χ3v) is 5.53. The highest BCUT2D eigenvalue weighted by molar-refractivity contribution is 5.43. The van der Waals surface area contributed by atoms with E-state index in [9.17, 15) is 0 Å². The molecule has 3 aliphatic heterocycles. The normalized spacial score (nSPS) is 30.5. The van der Waals surface area contributed by atoms with E-state index in [1.165, 1.54) is 51.0 Å². The quantitative estimate of drug-likeness (QED) is 0.899. The van der Waals surface area contributed by atoms with Crippen molar-refractivity contribution < 1.29 is 0 Å². The summed E-state index contributed by atoms with van der Waals surface area (Å²) in [5.41, 5.74) is 0. The molecule has 0 amide bonds. The van der Waals surface area contributed by atoms with Crippen LogP contribution in [0.2, 0.25) is 0 Å². The topological polar surface area (TPSA) is 44.3 Å². The van der Waals surface area contributed by atoms with E-state index in [1.54, 1.807) is 0 Å². The van der Waals surface area contributed by atoms with Gasteiger partial charge in [-0.1, -0.05) is 0 Å². The highest BCUT2D eigenvalue weighted by atomic mass is 15.3. The number of hydrogen-bond donors (Lipinski definition) is 1. The lowest BCUT2D eigenvalue weighted by Gasteiger charge is -2.50. The molecular weight excluding hydrogens is 274 g/mol. The zero-order valence-corrected chi connectivity index (χ0v) is 13.5. The molecule has 0 aromatic carbocycles. The largest absolute Gasteiger partial charge is 0.348 e. The van der Waals surface area contributed by atoms with Gasteiger partial charge in [-0.2, -0.15) is 0 Å². The minimum absolute atomic E-state index is 0.536. The lowest BCUT2D eigenvalue weighted by Crippen LogP contribution is -2.60. The van der Waals surface area contributed by atoms with Crippen molar-refractivity contribution >= 4 is 5.82 Å². The highest BCUT2D eigenvalue weighted by Crippen LogP contribution is 2.33. The van der Waals surface area contributed by atoms with Crippen molar-refractivity contribution in [2.24, 2.45) is 0 Å². The van der Waals surface area contributed by atoms with E-state index in [4.69, 9.17) is 4.98 Å². The van der Waals surface area contributed by atoms with E-state index in [1.807, 2.05) is 6.20 Å². The van der Waals surface area contributed by atoms with Gasteiger partial charge in [0.2, 0.25) is 0 Å². The van der Waals surface area contributed by atoms with Gasteiger partial charge in [-0.3, -0.25) is 0 Å². The SMILES string of the molecule is CN1CC2CCCC(C1)N2c1ccnc(C2CCNCC2)n1. The summed E-state index contributed by atoms with van der Waals surface area (Å²) >= 11 is 0.